The Balaban J connectivity index is 2.43. The molecule has 0 aliphatic rings. The first kappa shape index (κ1) is 15.2. The number of ether oxygens (including phenoxy) is 2. The average molecular weight is 264 g/mol. The van der Waals surface area contributed by atoms with Crippen LogP contribution < -0.4 is 4.74 Å². The predicted molar refractivity (Wildman–Crippen MR) is 73.9 cm³/mol. The fourth-order valence-corrected chi connectivity index (χ4v) is 1.38. The summed E-state index contributed by atoms with van der Waals surface area (Å²) < 4.78 is 10.1. The van der Waals surface area contributed by atoms with Gasteiger partial charge in [0.1, 0.15) is 5.75 Å². The average Bonchev–Trinajstić information content (AvgIpc) is 2.45. The Kier molecular flexibility index (Phi) is 6.68. The zero-order chi connectivity index (χ0) is 14.1. The summed E-state index contributed by atoms with van der Waals surface area (Å²) in [6.45, 7) is 2.74. The second-order valence-electron chi connectivity index (χ2n) is 4.35. The topological polar surface area (TPSA) is 55.8 Å². The summed E-state index contributed by atoms with van der Waals surface area (Å²) >= 11 is 0. The van der Waals surface area contributed by atoms with E-state index in [0.29, 0.717) is 6.61 Å². The van der Waals surface area contributed by atoms with Crippen LogP contribution in [0.1, 0.15) is 18.9 Å². The maximum atomic E-state index is 10.9. The van der Waals surface area contributed by atoms with Gasteiger partial charge in [0, 0.05) is 12.7 Å². The molecule has 0 radical (unpaired) electrons. The van der Waals surface area contributed by atoms with E-state index in [1.807, 2.05) is 31.2 Å². The van der Waals surface area contributed by atoms with E-state index in [2.05, 4.69) is 4.74 Å². The second kappa shape index (κ2) is 8.32. The number of rotatable bonds is 7. The van der Waals surface area contributed by atoms with E-state index >= 15 is 0 Å². The summed E-state index contributed by atoms with van der Waals surface area (Å²) in [5.41, 5.74) is 0.904. The van der Waals surface area contributed by atoms with Gasteiger partial charge in [-0.3, -0.25) is 0 Å². The molecule has 4 heteroatoms. The lowest BCUT2D eigenvalue weighted by atomic mass is 10.1. The van der Waals surface area contributed by atoms with Gasteiger partial charge in [0.2, 0.25) is 0 Å². The molecule has 1 aromatic carbocycles. The molecule has 0 bridgehead atoms. The standard InChI is InChI=1S/C15H20O4/c1-12(11-16)9-10-19-14-6-3-13(4-7-14)5-8-15(17)18-2/h3-8,12,16H,9-11H2,1-2H3/t12-/m0/s1. The van der Waals surface area contributed by atoms with Crippen LogP contribution in [-0.2, 0) is 9.53 Å². The molecule has 0 aliphatic heterocycles. The van der Waals surface area contributed by atoms with Crippen LogP contribution in [0.4, 0.5) is 0 Å². The van der Waals surface area contributed by atoms with Crippen LogP contribution in [0.3, 0.4) is 0 Å². The lowest BCUT2D eigenvalue weighted by molar-refractivity contribution is -0.134. The third-order valence-electron chi connectivity index (χ3n) is 2.68. The van der Waals surface area contributed by atoms with E-state index in [4.69, 9.17) is 9.84 Å². The smallest absolute Gasteiger partial charge is 0.330 e. The number of esters is 1. The van der Waals surface area contributed by atoms with Crippen LogP contribution in [0.5, 0.6) is 5.75 Å². The molecule has 0 unspecified atom stereocenters. The number of benzene rings is 1. The zero-order valence-electron chi connectivity index (χ0n) is 11.3. The Hall–Kier alpha value is -1.81. The molecule has 104 valence electrons. The van der Waals surface area contributed by atoms with Crippen molar-refractivity contribution < 1.29 is 19.4 Å². The minimum atomic E-state index is -0.377. The molecular weight excluding hydrogens is 244 g/mol. The highest BCUT2D eigenvalue weighted by molar-refractivity contribution is 5.86. The minimum Gasteiger partial charge on any atom is -0.494 e. The fraction of sp³-hybridized carbons (Fsp3) is 0.400. The predicted octanol–water partition coefficient (Wildman–Crippen LogP) is 2.27. The molecular formula is C15H20O4. The minimum absolute atomic E-state index is 0.181. The van der Waals surface area contributed by atoms with E-state index < -0.39 is 0 Å². The first-order chi connectivity index (χ1) is 9.15. The van der Waals surface area contributed by atoms with Gasteiger partial charge >= 0.3 is 5.97 Å². The Morgan fingerprint density at radius 3 is 2.63 bits per heavy atom. The highest BCUT2D eigenvalue weighted by atomic mass is 16.5. The Labute approximate surface area is 113 Å². The van der Waals surface area contributed by atoms with Crippen molar-refractivity contribution in [3.8, 4) is 5.75 Å². The summed E-state index contributed by atoms with van der Waals surface area (Å²) in [6, 6.07) is 7.43. The van der Waals surface area contributed by atoms with E-state index in [1.54, 1.807) is 6.08 Å². The van der Waals surface area contributed by atoms with Crippen LogP contribution in [0.15, 0.2) is 30.3 Å². The van der Waals surface area contributed by atoms with E-state index in [9.17, 15) is 4.79 Å². The van der Waals surface area contributed by atoms with Crippen molar-refractivity contribution >= 4 is 12.0 Å². The number of hydrogen-bond donors (Lipinski definition) is 1. The fourth-order valence-electron chi connectivity index (χ4n) is 1.38. The molecule has 19 heavy (non-hydrogen) atoms. The summed E-state index contributed by atoms with van der Waals surface area (Å²) in [6.07, 6.45) is 3.88. The van der Waals surface area contributed by atoms with E-state index in [-0.39, 0.29) is 18.5 Å². The highest BCUT2D eigenvalue weighted by Crippen LogP contribution is 2.14. The summed E-state index contributed by atoms with van der Waals surface area (Å²) in [7, 11) is 1.34. The van der Waals surface area contributed by atoms with Crippen LogP contribution in [0.25, 0.3) is 6.08 Å². The quantitative estimate of drug-likeness (QED) is 0.606. The van der Waals surface area contributed by atoms with Gasteiger partial charge in [-0.1, -0.05) is 19.1 Å². The molecule has 4 nitrogen and oxygen atoms in total. The van der Waals surface area contributed by atoms with Crippen molar-refractivity contribution in [2.45, 2.75) is 13.3 Å². The number of carbonyl (C=O) groups is 1. The van der Waals surface area contributed by atoms with Gasteiger partial charge in [-0.25, -0.2) is 4.79 Å². The molecule has 0 fully saturated rings. The number of carbonyl (C=O) groups excluding carboxylic acids is 1. The normalized spacial score (nSPS) is 12.4. The Morgan fingerprint density at radius 2 is 2.05 bits per heavy atom. The molecule has 0 saturated heterocycles. The van der Waals surface area contributed by atoms with Crippen molar-refractivity contribution in [3.05, 3.63) is 35.9 Å². The molecule has 0 heterocycles. The molecule has 0 aliphatic carbocycles. The van der Waals surface area contributed by atoms with Crippen molar-refractivity contribution in [1.82, 2.24) is 0 Å². The molecule has 0 spiro atoms. The highest BCUT2D eigenvalue weighted by Gasteiger charge is 2.00. The van der Waals surface area contributed by atoms with Gasteiger partial charge in [0.25, 0.3) is 0 Å². The van der Waals surface area contributed by atoms with E-state index in [0.717, 1.165) is 17.7 Å². The molecule has 1 N–H and O–H groups in total. The van der Waals surface area contributed by atoms with Crippen molar-refractivity contribution in [3.63, 3.8) is 0 Å². The van der Waals surface area contributed by atoms with Crippen LogP contribution in [-0.4, -0.2) is 31.4 Å². The maximum Gasteiger partial charge on any atom is 0.330 e. The molecule has 1 atom stereocenters. The van der Waals surface area contributed by atoms with Crippen molar-refractivity contribution in [2.24, 2.45) is 5.92 Å². The van der Waals surface area contributed by atoms with Gasteiger partial charge in [0.15, 0.2) is 0 Å². The second-order valence-corrected chi connectivity index (χ2v) is 4.35. The molecule has 1 rings (SSSR count). The third-order valence-corrected chi connectivity index (χ3v) is 2.68. The van der Waals surface area contributed by atoms with Gasteiger partial charge in [-0.2, -0.15) is 0 Å². The molecule has 0 aromatic heterocycles. The van der Waals surface area contributed by atoms with Crippen LogP contribution >= 0.6 is 0 Å². The Morgan fingerprint density at radius 1 is 1.37 bits per heavy atom. The van der Waals surface area contributed by atoms with Crippen molar-refractivity contribution in [2.75, 3.05) is 20.3 Å². The lowest BCUT2D eigenvalue weighted by Gasteiger charge is -2.09. The molecule has 1 aromatic rings. The maximum absolute atomic E-state index is 10.9. The summed E-state index contributed by atoms with van der Waals surface area (Å²) in [5, 5.41) is 8.89. The van der Waals surface area contributed by atoms with Crippen LogP contribution in [0.2, 0.25) is 0 Å². The van der Waals surface area contributed by atoms with Gasteiger partial charge < -0.3 is 14.6 Å². The van der Waals surface area contributed by atoms with Gasteiger partial charge in [0.05, 0.1) is 13.7 Å². The summed E-state index contributed by atoms with van der Waals surface area (Å²) in [4.78, 5) is 10.9. The molecule has 0 amide bonds. The summed E-state index contributed by atoms with van der Waals surface area (Å²) in [5.74, 6) is 0.654. The number of methoxy groups -OCH3 is 1. The van der Waals surface area contributed by atoms with Crippen molar-refractivity contribution in [1.29, 1.82) is 0 Å². The Bertz CT molecular complexity index is 409. The van der Waals surface area contributed by atoms with Crippen LogP contribution in [0, 0.1) is 5.92 Å². The number of aliphatic hydroxyl groups is 1. The first-order valence-electron chi connectivity index (χ1n) is 6.25. The SMILES string of the molecule is COC(=O)C=Cc1ccc(OCC[C@H](C)CO)cc1. The zero-order valence-corrected chi connectivity index (χ0v) is 11.3. The van der Waals surface area contributed by atoms with Gasteiger partial charge in [-0.05, 0) is 36.1 Å². The number of hydrogen-bond acceptors (Lipinski definition) is 4. The number of aliphatic hydroxyl groups excluding tert-OH is 1. The van der Waals surface area contributed by atoms with Gasteiger partial charge in [-0.15, -0.1) is 0 Å². The first-order valence-corrected chi connectivity index (χ1v) is 6.25. The monoisotopic (exact) mass is 264 g/mol. The largest absolute Gasteiger partial charge is 0.494 e. The lowest BCUT2D eigenvalue weighted by Crippen LogP contribution is -2.07. The third kappa shape index (κ3) is 6.06. The van der Waals surface area contributed by atoms with E-state index in [1.165, 1.54) is 13.2 Å². The molecule has 0 saturated carbocycles.